The summed E-state index contributed by atoms with van der Waals surface area (Å²) in [4.78, 5) is 4.83. The van der Waals surface area contributed by atoms with Gasteiger partial charge in [0.1, 0.15) is 17.6 Å². The minimum Gasteiger partial charge on any atom is -0.343 e. The Bertz CT molecular complexity index is 1650. The molecule has 1 aliphatic rings. The number of fused-ring (bicyclic) bond motifs is 2. The summed E-state index contributed by atoms with van der Waals surface area (Å²) in [6, 6.07) is 14.5. The average Bonchev–Trinajstić information content (AvgIpc) is 3.46. The first-order chi connectivity index (χ1) is 17.5. The number of aryl methyl sites for hydroxylation is 1. The van der Waals surface area contributed by atoms with Crippen LogP contribution in [0.3, 0.4) is 0 Å². The molecule has 5 nitrogen and oxygen atoms in total. The van der Waals surface area contributed by atoms with Crippen LogP contribution in [0.1, 0.15) is 37.7 Å². The standard InChI is InChI=1S/C29H25F2N5/c1-35-25-8-7-20(13-22(25)16-34-35)28-27(19-5-6-21(15-32)24(30)14-19)23-9-12-36(26(23)17-33-28)18-29(31)10-3-2-4-11-29/h5-9,12-14,16-17H,2-4,10-11,18H2,1H3. The van der Waals surface area contributed by atoms with Gasteiger partial charge in [-0.1, -0.05) is 31.4 Å². The van der Waals surface area contributed by atoms with E-state index in [4.69, 9.17) is 4.98 Å². The molecule has 180 valence electrons. The van der Waals surface area contributed by atoms with E-state index < -0.39 is 11.5 Å². The first-order valence-electron chi connectivity index (χ1n) is 12.2. The third-order valence-corrected chi connectivity index (χ3v) is 7.43. The fourth-order valence-corrected chi connectivity index (χ4v) is 5.53. The van der Waals surface area contributed by atoms with Gasteiger partial charge < -0.3 is 4.57 Å². The molecule has 3 aromatic heterocycles. The van der Waals surface area contributed by atoms with Gasteiger partial charge in [0.15, 0.2) is 0 Å². The molecule has 0 aliphatic heterocycles. The molecule has 0 N–H and O–H groups in total. The van der Waals surface area contributed by atoms with Gasteiger partial charge in [-0.3, -0.25) is 9.67 Å². The van der Waals surface area contributed by atoms with Gasteiger partial charge in [-0.15, -0.1) is 0 Å². The Balaban J connectivity index is 1.55. The molecule has 3 heterocycles. The summed E-state index contributed by atoms with van der Waals surface area (Å²) in [5, 5.41) is 15.4. The molecule has 36 heavy (non-hydrogen) atoms. The summed E-state index contributed by atoms with van der Waals surface area (Å²) in [6.07, 6.45) is 9.52. The minimum atomic E-state index is -1.23. The number of hydrogen-bond acceptors (Lipinski definition) is 3. The third kappa shape index (κ3) is 3.74. The molecule has 0 spiro atoms. The molecule has 0 unspecified atom stereocenters. The average molecular weight is 482 g/mol. The van der Waals surface area contributed by atoms with Gasteiger partial charge in [-0.2, -0.15) is 10.4 Å². The second-order valence-electron chi connectivity index (χ2n) is 9.78. The van der Waals surface area contributed by atoms with E-state index >= 15 is 4.39 Å². The summed E-state index contributed by atoms with van der Waals surface area (Å²) in [6.45, 7) is 0.278. The van der Waals surface area contributed by atoms with E-state index in [1.807, 2.05) is 52.8 Å². The van der Waals surface area contributed by atoms with Gasteiger partial charge in [-0.05, 0) is 48.7 Å². The number of pyridine rings is 1. The number of rotatable bonds is 4. The van der Waals surface area contributed by atoms with E-state index in [-0.39, 0.29) is 12.1 Å². The number of aromatic nitrogens is 4. The van der Waals surface area contributed by atoms with E-state index in [1.165, 1.54) is 12.1 Å². The Hall–Kier alpha value is -4.05. The molecule has 1 aliphatic carbocycles. The first kappa shape index (κ1) is 22.4. The van der Waals surface area contributed by atoms with Gasteiger partial charge in [0, 0.05) is 35.1 Å². The van der Waals surface area contributed by atoms with Crippen molar-refractivity contribution in [1.82, 2.24) is 19.3 Å². The van der Waals surface area contributed by atoms with Crippen molar-refractivity contribution < 1.29 is 8.78 Å². The van der Waals surface area contributed by atoms with Crippen molar-refractivity contribution >= 4 is 21.8 Å². The highest BCUT2D eigenvalue weighted by molar-refractivity contribution is 6.02. The van der Waals surface area contributed by atoms with Gasteiger partial charge >= 0.3 is 0 Å². The van der Waals surface area contributed by atoms with Crippen LogP contribution in [-0.2, 0) is 13.6 Å². The summed E-state index contributed by atoms with van der Waals surface area (Å²) < 4.78 is 34.1. The molecule has 5 aromatic rings. The lowest BCUT2D eigenvalue weighted by atomic mass is 9.86. The molecule has 1 fully saturated rings. The Morgan fingerprint density at radius 2 is 1.81 bits per heavy atom. The summed E-state index contributed by atoms with van der Waals surface area (Å²) in [5.41, 5.74) is 3.52. The molecule has 0 bridgehead atoms. The second kappa shape index (κ2) is 8.56. The molecule has 6 rings (SSSR count). The zero-order valence-electron chi connectivity index (χ0n) is 20.0. The predicted octanol–water partition coefficient (Wildman–Crippen LogP) is 6.94. The van der Waals surface area contributed by atoms with Gasteiger partial charge in [-0.25, -0.2) is 8.78 Å². The van der Waals surface area contributed by atoms with Crippen molar-refractivity contribution in [2.24, 2.45) is 7.05 Å². The van der Waals surface area contributed by atoms with Crippen molar-refractivity contribution in [2.75, 3.05) is 0 Å². The van der Waals surface area contributed by atoms with E-state index in [0.29, 0.717) is 24.1 Å². The lowest BCUT2D eigenvalue weighted by Crippen LogP contribution is -2.31. The Kier molecular flexibility index (Phi) is 5.33. The Morgan fingerprint density at radius 1 is 1.00 bits per heavy atom. The predicted molar refractivity (Wildman–Crippen MR) is 136 cm³/mol. The van der Waals surface area contributed by atoms with Crippen LogP contribution in [0, 0.1) is 17.1 Å². The molecule has 0 radical (unpaired) electrons. The van der Waals surface area contributed by atoms with Crippen molar-refractivity contribution in [3.63, 3.8) is 0 Å². The molecule has 0 amide bonds. The lowest BCUT2D eigenvalue weighted by molar-refractivity contribution is 0.0873. The number of nitriles is 1. The van der Waals surface area contributed by atoms with E-state index in [2.05, 4.69) is 5.10 Å². The van der Waals surface area contributed by atoms with Crippen LogP contribution in [-0.4, -0.2) is 25.0 Å². The number of alkyl halides is 1. The molecule has 2 aromatic carbocycles. The number of halogens is 2. The van der Waals surface area contributed by atoms with Gasteiger partial charge in [0.05, 0.1) is 41.2 Å². The molecular weight excluding hydrogens is 456 g/mol. The zero-order valence-corrected chi connectivity index (χ0v) is 20.0. The first-order valence-corrected chi connectivity index (χ1v) is 12.2. The minimum absolute atomic E-state index is 0.00791. The largest absolute Gasteiger partial charge is 0.343 e. The fourth-order valence-electron chi connectivity index (χ4n) is 5.53. The van der Waals surface area contributed by atoms with Crippen LogP contribution < -0.4 is 0 Å². The fraction of sp³-hybridized carbons (Fsp3) is 0.276. The lowest BCUT2D eigenvalue weighted by Gasteiger charge is -2.30. The molecule has 0 atom stereocenters. The van der Waals surface area contributed by atoms with Crippen molar-refractivity contribution in [3.8, 4) is 28.5 Å². The Morgan fingerprint density at radius 3 is 2.58 bits per heavy atom. The van der Waals surface area contributed by atoms with Crippen LogP contribution >= 0.6 is 0 Å². The zero-order chi connectivity index (χ0) is 24.9. The summed E-state index contributed by atoms with van der Waals surface area (Å²) in [7, 11) is 1.89. The van der Waals surface area contributed by atoms with E-state index in [1.54, 1.807) is 18.5 Å². The quantitative estimate of drug-likeness (QED) is 0.279. The number of hydrogen-bond donors (Lipinski definition) is 0. The highest BCUT2D eigenvalue weighted by atomic mass is 19.1. The molecule has 7 heteroatoms. The van der Waals surface area contributed by atoms with Crippen LogP contribution in [0.2, 0.25) is 0 Å². The summed E-state index contributed by atoms with van der Waals surface area (Å²) in [5.74, 6) is -0.579. The highest BCUT2D eigenvalue weighted by Gasteiger charge is 2.32. The normalized spacial score (nSPS) is 15.4. The third-order valence-electron chi connectivity index (χ3n) is 7.43. The maximum Gasteiger partial charge on any atom is 0.141 e. The number of benzene rings is 2. The second-order valence-corrected chi connectivity index (χ2v) is 9.78. The summed E-state index contributed by atoms with van der Waals surface area (Å²) >= 11 is 0. The van der Waals surface area contributed by atoms with Crippen molar-refractivity contribution in [3.05, 3.63) is 72.4 Å². The monoisotopic (exact) mass is 481 g/mol. The molecule has 0 saturated heterocycles. The SMILES string of the molecule is Cn1ncc2cc(-c3ncc4c(ccn4CC4(F)CCCCC4)c3-c3ccc(C#N)c(F)c3)ccc21. The smallest absolute Gasteiger partial charge is 0.141 e. The topological polar surface area (TPSA) is 59.4 Å². The van der Waals surface area contributed by atoms with E-state index in [0.717, 1.165) is 52.2 Å². The van der Waals surface area contributed by atoms with Crippen LogP contribution in [0.15, 0.2) is 61.1 Å². The van der Waals surface area contributed by atoms with Crippen LogP contribution in [0.5, 0.6) is 0 Å². The van der Waals surface area contributed by atoms with Crippen molar-refractivity contribution in [1.29, 1.82) is 5.26 Å². The molecular formula is C29H25F2N5. The Labute approximate surface area is 207 Å². The van der Waals surface area contributed by atoms with Gasteiger partial charge in [0.25, 0.3) is 0 Å². The van der Waals surface area contributed by atoms with Crippen LogP contribution in [0.4, 0.5) is 8.78 Å². The number of nitrogens with zero attached hydrogens (tertiary/aromatic N) is 5. The maximum absolute atomic E-state index is 15.6. The van der Waals surface area contributed by atoms with Crippen LogP contribution in [0.25, 0.3) is 44.2 Å². The van der Waals surface area contributed by atoms with Crippen molar-refractivity contribution in [2.45, 2.75) is 44.3 Å². The van der Waals surface area contributed by atoms with Gasteiger partial charge in [0.2, 0.25) is 0 Å². The highest BCUT2D eigenvalue weighted by Crippen LogP contribution is 2.40. The van der Waals surface area contributed by atoms with E-state index in [9.17, 15) is 9.65 Å². The maximum atomic E-state index is 15.6. The molecule has 1 saturated carbocycles.